The summed E-state index contributed by atoms with van der Waals surface area (Å²) < 4.78 is 14.6. The lowest BCUT2D eigenvalue weighted by molar-refractivity contribution is 0.559. The molecule has 2 aromatic heterocycles. The Bertz CT molecular complexity index is 572. The molecule has 19 heavy (non-hydrogen) atoms. The van der Waals surface area contributed by atoms with Crippen molar-refractivity contribution in [3.05, 3.63) is 30.5 Å². The van der Waals surface area contributed by atoms with Gasteiger partial charge in [0.25, 0.3) is 0 Å². The molecule has 0 aliphatic carbocycles. The van der Waals surface area contributed by atoms with E-state index >= 15 is 0 Å². The van der Waals surface area contributed by atoms with Crippen molar-refractivity contribution in [3.63, 3.8) is 0 Å². The molecule has 1 N–H and O–H groups in total. The molecule has 0 saturated carbocycles. The number of hydrogen-bond donors (Lipinski definition) is 1. The quantitative estimate of drug-likeness (QED) is 0.653. The molecule has 0 bridgehead atoms. The molecular formula is C11H12FN5S2. The summed E-state index contributed by atoms with van der Waals surface area (Å²) in [4.78, 5) is 7.82. The average molecular weight is 297 g/mol. The van der Waals surface area contributed by atoms with Crippen LogP contribution in [0.3, 0.4) is 0 Å². The molecule has 0 fully saturated rings. The summed E-state index contributed by atoms with van der Waals surface area (Å²) in [6.07, 6.45) is 3.62. The second-order valence-electron chi connectivity index (χ2n) is 3.44. The molecule has 2 rings (SSSR count). The SMILES string of the molecule is C=CCNc1nnc(Sc2ncnc(CC)c2F)s1. The van der Waals surface area contributed by atoms with Gasteiger partial charge in [-0.15, -0.1) is 16.8 Å². The largest absolute Gasteiger partial charge is 0.357 e. The maximum atomic E-state index is 13.9. The molecule has 0 atom stereocenters. The minimum atomic E-state index is -0.384. The smallest absolute Gasteiger partial charge is 0.206 e. The lowest BCUT2D eigenvalue weighted by Crippen LogP contribution is -1.97. The Kier molecular flexibility index (Phi) is 4.80. The van der Waals surface area contributed by atoms with Crippen molar-refractivity contribution in [2.75, 3.05) is 11.9 Å². The number of aryl methyl sites for hydroxylation is 1. The summed E-state index contributed by atoms with van der Waals surface area (Å²) in [5, 5.41) is 11.9. The van der Waals surface area contributed by atoms with Crippen LogP contribution in [0.4, 0.5) is 9.52 Å². The third-order valence-corrected chi connectivity index (χ3v) is 4.06. The van der Waals surface area contributed by atoms with Crippen LogP contribution in [0.25, 0.3) is 0 Å². The molecule has 0 saturated heterocycles. The highest BCUT2D eigenvalue weighted by Crippen LogP contribution is 2.32. The van der Waals surface area contributed by atoms with Gasteiger partial charge in [-0.25, -0.2) is 14.4 Å². The molecule has 100 valence electrons. The molecule has 0 aromatic carbocycles. The predicted octanol–water partition coefficient (Wildman–Crippen LogP) is 2.78. The molecule has 2 heterocycles. The Morgan fingerprint density at radius 1 is 1.47 bits per heavy atom. The van der Waals surface area contributed by atoms with E-state index < -0.39 is 0 Å². The number of nitrogens with zero attached hydrogens (tertiary/aromatic N) is 4. The number of hydrogen-bond acceptors (Lipinski definition) is 7. The Morgan fingerprint density at radius 3 is 3.05 bits per heavy atom. The second-order valence-corrected chi connectivity index (χ2v) is 5.65. The third kappa shape index (κ3) is 3.48. The van der Waals surface area contributed by atoms with Crippen LogP contribution in [0, 0.1) is 5.82 Å². The van der Waals surface area contributed by atoms with Crippen molar-refractivity contribution >= 4 is 28.2 Å². The Hall–Kier alpha value is -1.54. The molecule has 8 heteroatoms. The zero-order valence-corrected chi connectivity index (χ0v) is 11.9. The standard InChI is InChI=1S/C11H12FN5S2/c1-3-5-13-10-16-17-11(19-10)18-9-8(12)7(4-2)14-6-15-9/h3,6H,1,4-5H2,2H3,(H,13,16). The summed E-state index contributed by atoms with van der Waals surface area (Å²) in [5.74, 6) is -0.384. The topological polar surface area (TPSA) is 63.6 Å². The van der Waals surface area contributed by atoms with Crippen LogP contribution in [-0.2, 0) is 6.42 Å². The molecule has 5 nitrogen and oxygen atoms in total. The highest BCUT2D eigenvalue weighted by Gasteiger charge is 2.13. The average Bonchev–Trinajstić information content (AvgIpc) is 2.86. The van der Waals surface area contributed by atoms with E-state index in [0.29, 0.717) is 28.1 Å². The fourth-order valence-electron chi connectivity index (χ4n) is 1.27. The van der Waals surface area contributed by atoms with Crippen molar-refractivity contribution in [1.29, 1.82) is 0 Å². The Morgan fingerprint density at radius 2 is 2.32 bits per heavy atom. The minimum Gasteiger partial charge on any atom is -0.357 e. The van der Waals surface area contributed by atoms with E-state index in [1.165, 1.54) is 17.7 Å². The maximum absolute atomic E-state index is 13.9. The van der Waals surface area contributed by atoms with Crippen molar-refractivity contribution in [2.24, 2.45) is 0 Å². The van der Waals surface area contributed by atoms with Crippen LogP contribution < -0.4 is 5.32 Å². The van der Waals surface area contributed by atoms with Gasteiger partial charge in [0, 0.05) is 6.54 Å². The molecular weight excluding hydrogens is 285 g/mol. The number of nitrogens with one attached hydrogen (secondary N) is 1. The van der Waals surface area contributed by atoms with Gasteiger partial charge in [0.05, 0.1) is 5.69 Å². The zero-order chi connectivity index (χ0) is 13.7. The van der Waals surface area contributed by atoms with Crippen molar-refractivity contribution in [1.82, 2.24) is 20.2 Å². The van der Waals surface area contributed by atoms with E-state index in [4.69, 9.17) is 0 Å². The van der Waals surface area contributed by atoms with Gasteiger partial charge in [0.1, 0.15) is 11.4 Å². The van der Waals surface area contributed by atoms with Gasteiger partial charge >= 0.3 is 0 Å². The Labute approximate surface area is 118 Å². The van der Waals surface area contributed by atoms with Crippen LogP contribution in [0.2, 0.25) is 0 Å². The third-order valence-electron chi connectivity index (χ3n) is 2.15. The number of halogens is 1. The predicted molar refractivity (Wildman–Crippen MR) is 74.1 cm³/mol. The fraction of sp³-hybridized carbons (Fsp3) is 0.273. The van der Waals surface area contributed by atoms with Gasteiger partial charge in [-0.2, -0.15) is 0 Å². The van der Waals surface area contributed by atoms with Gasteiger partial charge < -0.3 is 5.32 Å². The first-order valence-electron chi connectivity index (χ1n) is 5.60. The summed E-state index contributed by atoms with van der Waals surface area (Å²) >= 11 is 2.50. The number of aromatic nitrogens is 4. The van der Waals surface area contributed by atoms with Crippen molar-refractivity contribution in [3.8, 4) is 0 Å². The second kappa shape index (κ2) is 6.58. The van der Waals surface area contributed by atoms with E-state index in [2.05, 4.69) is 32.1 Å². The van der Waals surface area contributed by atoms with Gasteiger partial charge in [-0.1, -0.05) is 24.3 Å². The van der Waals surface area contributed by atoms with E-state index in [1.807, 2.05) is 6.92 Å². The van der Waals surface area contributed by atoms with Crippen molar-refractivity contribution < 1.29 is 4.39 Å². The lowest BCUT2D eigenvalue weighted by atomic mass is 10.3. The van der Waals surface area contributed by atoms with Crippen LogP contribution in [0.1, 0.15) is 12.6 Å². The first kappa shape index (κ1) is 13.9. The number of anilines is 1. The molecule has 2 aromatic rings. The number of rotatable bonds is 6. The molecule has 0 radical (unpaired) electrons. The van der Waals surface area contributed by atoms with E-state index in [1.54, 1.807) is 6.08 Å². The van der Waals surface area contributed by atoms with Gasteiger partial charge in [-0.3, -0.25) is 0 Å². The first-order chi connectivity index (χ1) is 9.24. The van der Waals surface area contributed by atoms with Crippen molar-refractivity contribution in [2.45, 2.75) is 22.7 Å². The molecule has 0 unspecified atom stereocenters. The van der Waals surface area contributed by atoms with Gasteiger partial charge in [-0.05, 0) is 18.2 Å². The molecule has 0 aliphatic heterocycles. The highest BCUT2D eigenvalue weighted by molar-refractivity contribution is 8.01. The van der Waals surface area contributed by atoms with Gasteiger partial charge in [0.15, 0.2) is 10.2 Å². The summed E-state index contributed by atoms with van der Waals surface area (Å²) in [6, 6.07) is 0. The Balaban J connectivity index is 2.12. The van der Waals surface area contributed by atoms with E-state index in [9.17, 15) is 4.39 Å². The van der Waals surface area contributed by atoms with E-state index in [0.717, 1.165) is 11.8 Å². The molecule has 0 aliphatic rings. The molecule has 0 spiro atoms. The maximum Gasteiger partial charge on any atom is 0.206 e. The van der Waals surface area contributed by atoms with Gasteiger partial charge in [0.2, 0.25) is 5.13 Å². The lowest BCUT2D eigenvalue weighted by Gasteiger charge is -2.01. The summed E-state index contributed by atoms with van der Waals surface area (Å²) in [7, 11) is 0. The minimum absolute atomic E-state index is 0.276. The van der Waals surface area contributed by atoms with Crippen LogP contribution in [0.15, 0.2) is 28.3 Å². The first-order valence-corrected chi connectivity index (χ1v) is 7.23. The van der Waals surface area contributed by atoms with Crippen LogP contribution in [-0.4, -0.2) is 26.7 Å². The highest BCUT2D eigenvalue weighted by atomic mass is 32.2. The normalized spacial score (nSPS) is 10.4. The fourth-order valence-corrected chi connectivity index (χ4v) is 2.95. The summed E-state index contributed by atoms with van der Waals surface area (Å²) in [6.45, 7) is 6.06. The monoisotopic (exact) mass is 297 g/mol. The van der Waals surface area contributed by atoms with Crippen LogP contribution >= 0.6 is 23.1 Å². The van der Waals surface area contributed by atoms with E-state index in [-0.39, 0.29) is 10.8 Å². The zero-order valence-electron chi connectivity index (χ0n) is 10.3. The summed E-state index contributed by atoms with van der Waals surface area (Å²) in [5.41, 5.74) is 0.409. The molecule has 0 amide bonds. The van der Waals surface area contributed by atoms with Crippen LogP contribution in [0.5, 0.6) is 0 Å².